The first-order valence-corrected chi connectivity index (χ1v) is 11.7. The number of rotatable bonds is 8. The number of hydrogen-bond donors (Lipinski definition) is 0. The van der Waals surface area contributed by atoms with E-state index in [1.165, 1.54) is 13.8 Å². The lowest BCUT2D eigenvalue weighted by Gasteiger charge is -2.43. The van der Waals surface area contributed by atoms with Gasteiger partial charge in [-0.05, 0) is 32.5 Å². The Morgan fingerprint density at radius 3 is 2.19 bits per heavy atom. The SMILES string of the molecule is CC(=O)OC[C@H]1OC(Oc2ncccc2C2CCCN2C)[C@H](OC(C)=O)[C@@H](OC(C)=O)[C@@H]1OC(C)=O. The number of likely N-dealkylation sites (tertiary alicyclic amines) is 1. The maximum atomic E-state index is 12.0. The van der Waals surface area contributed by atoms with Crippen LogP contribution < -0.4 is 4.74 Å². The molecule has 2 saturated heterocycles. The quantitative estimate of drug-likeness (QED) is 0.369. The van der Waals surface area contributed by atoms with E-state index in [2.05, 4.69) is 9.88 Å². The molecule has 0 N–H and O–H groups in total. The number of carbonyl (C=O) groups excluding carboxylic acids is 4. The van der Waals surface area contributed by atoms with Crippen molar-refractivity contribution in [3.63, 3.8) is 0 Å². The molecule has 0 bridgehead atoms. The van der Waals surface area contributed by atoms with Crippen LogP contribution in [0.25, 0.3) is 0 Å². The summed E-state index contributed by atoms with van der Waals surface area (Å²) >= 11 is 0. The van der Waals surface area contributed by atoms with E-state index in [1.54, 1.807) is 12.3 Å². The molecule has 2 fully saturated rings. The molecule has 3 heterocycles. The predicted molar refractivity (Wildman–Crippen MR) is 121 cm³/mol. The molecule has 0 aliphatic carbocycles. The molecule has 2 aliphatic rings. The van der Waals surface area contributed by atoms with Gasteiger partial charge in [0.15, 0.2) is 12.2 Å². The van der Waals surface area contributed by atoms with Gasteiger partial charge in [0.2, 0.25) is 18.3 Å². The van der Waals surface area contributed by atoms with Gasteiger partial charge in [-0.25, -0.2) is 4.98 Å². The zero-order valence-corrected chi connectivity index (χ0v) is 21.0. The van der Waals surface area contributed by atoms with E-state index < -0.39 is 54.6 Å². The van der Waals surface area contributed by atoms with E-state index in [9.17, 15) is 19.2 Å². The molecule has 3 rings (SSSR count). The highest BCUT2D eigenvalue weighted by Gasteiger charge is 2.53. The van der Waals surface area contributed by atoms with Gasteiger partial charge in [0.05, 0.1) is 0 Å². The molecule has 0 amide bonds. The standard InChI is InChI=1S/C24H32N2O10/c1-13(27)31-12-19-20(32-14(2)28)21(33-15(3)29)22(34-16(4)30)24(35-19)36-23-17(8-6-10-25-23)18-9-7-11-26(18)5/h6,8,10,18-22,24H,7,9,11-12H2,1-5H3/t18?,19-,20-,21+,22-,24?/m1/s1. The van der Waals surface area contributed by atoms with E-state index >= 15 is 0 Å². The van der Waals surface area contributed by atoms with Gasteiger partial charge in [0, 0.05) is 45.5 Å². The third-order valence-corrected chi connectivity index (χ3v) is 5.86. The van der Waals surface area contributed by atoms with Crippen LogP contribution in [-0.4, -0.2) is 84.7 Å². The lowest BCUT2D eigenvalue weighted by Crippen LogP contribution is -2.63. The van der Waals surface area contributed by atoms with Crippen LogP contribution >= 0.6 is 0 Å². The molecule has 36 heavy (non-hydrogen) atoms. The number of pyridine rings is 1. The van der Waals surface area contributed by atoms with Gasteiger partial charge in [-0.2, -0.15) is 0 Å². The largest absolute Gasteiger partial charge is 0.463 e. The van der Waals surface area contributed by atoms with Crippen molar-refractivity contribution in [3.05, 3.63) is 23.9 Å². The lowest BCUT2D eigenvalue weighted by molar-refractivity contribution is -0.289. The molecule has 1 aromatic rings. The molecule has 12 nitrogen and oxygen atoms in total. The minimum Gasteiger partial charge on any atom is -0.463 e. The van der Waals surface area contributed by atoms with Crippen LogP contribution in [0.4, 0.5) is 0 Å². The van der Waals surface area contributed by atoms with Crippen molar-refractivity contribution in [1.29, 1.82) is 0 Å². The van der Waals surface area contributed by atoms with Crippen molar-refractivity contribution in [3.8, 4) is 5.88 Å². The van der Waals surface area contributed by atoms with Crippen LogP contribution in [0.2, 0.25) is 0 Å². The molecule has 2 unspecified atom stereocenters. The summed E-state index contributed by atoms with van der Waals surface area (Å²) in [6.45, 7) is 5.29. The molecule has 2 aliphatic heterocycles. The molecule has 12 heteroatoms. The van der Waals surface area contributed by atoms with Crippen molar-refractivity contribution in [1.82, 2.24) is 9.88 Å². The summed E-state index contributed by atoms with van der Waals surface area (Å²) in [5.74, 6) is -2.47. The van der Waals surface area contributed by atoms with Gasteiger partial charge in [0.1, 0.15) is 12.7 Å². The Kier molecular flexibility index (Phi) is 9.21. The zero-order chi connectivity index (χ0) is 26.4. The van der Waals surface area contributed by atoms with E-state index in [1.807, 2.05) is 13.1 Å². The maximum absolute atomic E-state index is 12.0. The van der Waals surface area contributed by atoms with Gasteiger partial charge in [0.25, 0.3) is 0 Å². The number of esters is 4. The minimum absolute atomic E-state index is 0.0550. The Balaban J connectivity index is 2.00. The van der Waals surface area contributed by atoms with Gasteiger partial charge >= 0.3 is 23.9 Å². The Labute approximate surface area is 209 Å². The van der Waals surface area contributed by atoms with Gasteiger partial charge < -0.3 is 28.4 Å². The second-order valence-corrected chi connectivity index (χ2v) is 8.72. The van der Waals surface area contributed by atoms with E-state index in [0.717, 1.165) is 38.8 Å². The van der Waals surface area contributed by atoms with E-state index in [-0.39, 0.29) is 18.5 Å². The van der Waals surface area contributed by atoms with Crippen LogP contribution in [-0.2, 0) is 42.9 Å². The predicted octanol–water partition coefficient (Wildman–Crippen LogP) is 1.31. The summed E-state index contributed by atoms with van der Waals surface area (Å²) in [6.07, 6.45) is -2.84. The van der Waals surface area contributed by atoms with Crippen molar-refractivity contribution < 1.29 is 47.6 Å². The van der Waals surface area contributed by atoms with Crippen LogP contribution in [0.15, 0.2) is 18.3 Å². The third kappa shape index (κ3) is 6.91. The molecular formula is C24H32N2O10. The van der Waals surface area contributed by atoms with Crippen molar-refractivity contribution >= 4 is 23.9 Å². The molecule has 198 valence electrons. The van der Waals surface area contributed by atoms with Crippen molar-refractivity contribution in [2.24, 2.45) is 0 Å². The van der Waals surface area contributed by atoms with Crippen molar-refractivity contribution in [2.45, 2.75) is 77.3 Å². The first-order chi connectivity index (χ1) is 17.1. The van der Waals surface area contributed by atoms with Gasteiger partial charge in [-0.3, -0.25) is 24.1 Å². The fraction of sp³-hybridized carbons (Fsp3) is 0.625. The highest BCUT2D eigenvalue weighted by molar-refractivity contribution is 5.68. The first-order valence-electron chi connectivity index (χ1n) is 11.7. The number of hydrogen-bond acceptors (Lipinski definition) is 12. The van der Waals surface area contributed by atoms with Crippen molar-refractivity contribution in [2.75, 3.05) is 20.2 Å². The Hall–Kier alpha value is -3.25. The lowest BCUT2D eigenvalue weighted by atomic mass is 9.98. The third-order valence-electron chi connectivity index (χ3n) is 5.86. The normalized spacial score (nSPS) is 28.1. The summed E-state index contributed by atoms with van der Waals surface area (Å²) in [7, 11) is 2.00. The molecule has 6 atom stereocenters. The van der Waals surface area contributed by atoms with Gasteiger partial charge in [-0.15, -0.1) is 0 Å². The maximum Gasteiger partial charge on any atom is 0.303 e. The summed E-state index contributed by atoms with van der Waals surface area (Å²) in [5.41, 5.74) is 0.811. The van der Waals surface area contributed by atoms with Gasteiger partial charge in [-0.1, -0.05) is 6.07 Å². The Morgan fingerprint density at radius 1 is 0.972 bits per heavy atom. The molecule has 0 radical (unpaired) electrons. The van der Waals surface area contributed by atoms with E-state index in [0.29, 0.717) is 0 Å². The Morgan fingerprint density at radius 2 is 1.61 bits per heavy atom. The fourth-order valence-electron chi connectivity index (χ4n) is 4.45. The average Bonchev–Trinajstić information content (AvgIpc) is 3.21. The number of carbonyl (C=O) groups is 4. The zero-order valence-electron chi connectivity index (χ0n) is 21.0. The molecule has 0 aromatic carbocycles. The van der Waals surface area contributed by atoms with Crippen LogP contribution in [0, 0.1) is 0 Å². The average molecular weight is 509 g/mol. The number of aromatic nitrogens is 1. The molecule has 0 saturated carbocycles. The number of ether oxygens (including phenoxy) is 6. The monoisotopic (exact) mass is 508 g/mol. The summed E-state index contributed by atoms with van der Waals surface area (Å²) < 4.78 is 33.6. The molecule has 0 spiro atoms. The summed E-state index contributed by atoms with van der Waals surface area (Å²) in [5, 5.41) is 0. The summed E-state index contributed by atoms with van der Waals surface area (Å²) in [4.78, 5) is 53.9. The second kappa shape index (κ2) is 12.1. The first kappa shape index (κ1) is 27.3. The highest BCUT2D eigenvalue weighted by atomic mass is 16.7. The van der Waals surface area contributed by atoms with Crippen LogP contribution in [0.5, 0.6) is 5.88 Å². The highest BCUT2D eigenvalue weighted by Crippen LogP contribution is 2.37. The Bertz CT molecular complexity index is 970. The smallest absolute Gasteiger partial charge is 0.303 e. The molecular weight excluding hydrogens is 476 g/mol. The molecule has 1 aromatic heterocycles. The number of nitrogens with zero attached hydrogens (tertiary/aromatic N) is 2. The topological polar surface area (TPSA) is 140 Å². The van der Waals surface area contributed by atoms with Crippen LogP contribution in [0.3, 0.4) is 0 Å². The second-order valence-electron chi connectivity index (χ2n) is 8.72. The van der Waals surface area contributed by atoms with E-state index in [4.69, 9.17) is 28.4 Å². The minimum atomic E-state index is -1.33. The fourth-order valence-corrected chi connectivity index (χ4v) is 4.45. The summed E-state index contributed by atoms with van der Waals surface area (Å²) in [6, 6.07) is 3.74. The van der Waals surface area contributed by atoms with Crippen LogP contribution in [0.1, 0.15) is 52.1 Å².